The first kappa shape index (κ1) is 30.3. The molecule has 0 aromatic heterocycles. The van der Waals surface area contributed by atoms with Gasteiger partial charge in [0.25, 0.3) is 0 Å². The summed E-state index contributed by atoms with van der Waals surface area (Å²) in [6, 6.07) is 8.98. The second-order valence-corrected chi connectivity index (χ2v) is 11.2. The molecule has 10 heteroatoms. The number of fused-ring (bicyclic) bond motifs is 1. The van der Waals surface area contributed by atoms with Crippen LogP contribution in [0.3, 0.4) is 0 Å². The van der Waals surface area contributed by atoms with Gasteiger partial charge in [0.1, 0.15) is 35.5 Å². The summed E-state index contributed by atoms with van der Waals surface area (Å²) in [6.45, 7) is 4.34. The Bertz CT molecular complexity index is 1220. The largest absolute Gasteiger partial charge is 0.508 e. The van der Waals surface area contributed by atoms with E-state index in [1.165, 1.54) is 17.0 Å². The molecule has 0 saturated heterocycles. The van der Waals surface area contributed by atoms with Gasteiger partial charge in [0.15, 0.2) is 0 Å². The molecule has 4 atom stereocenters. The maximum absolute atomic E-state index is 13.5. The van der Waals surface area contributed by atoms with Crippen molar-refractivity contribution in [2.24, 2.45) is 5.92 Å². The first-order valence-corrected chi connectivity index (χ1v) is 14.4. The number of rotatable bonds is 4. The smallest absolute Gasteiger partial charge is 0.243 e. The molecule has 0 radical (unpaired) electrons. The van der Waals surface area contributed by atoms with E-state index in [0.29, 0.717) is 44.5 Å². The monoisotopic (exact) mass is 568 g/mol. The summed E-state index contributed by atoms with van der Waals surface area (Å²) in [6.07, 6.45) is 3.57. The number of nitrogens with zero attached hydrogens (tertiary/aromatic N) is 1. The molecule has 0 bridgehead atoms. The van der Waals surface area contributed by atoms with Crippen molar-refractivity contribution in [2.45, 2.75) is 76.6 Å². The number of amides is 3. The molecule has 1 saturated carbocycles. The van der Waals surface area contributed by atoms with Crippen LogP contribution in [0.4, 0.5) is 4.39 Å². The van der Waals surface area contributed by atoms with E-state index in [-0.39, 0.29) is 35.4 Å². The summed E-state index contributed by atoms with van der Waals surface area (Å²) in [5.74, 6) is -0.417. The Balaban J connectivity index is 1.54. The maximum Gasteiger partial charge on any atom is 0.243 e. The fourth-order valence-corrected chi connectivity index (χ4v) is 5.02. The molecule has 1 aliphatic heterocycles. The molecular weight excluding hydrogens is 527 g/mol. The predicted molar refractivity (Wildman–Crippen MR) is 153 cm³/mol. The molecule has 2 aromatic rings. The molecule has 222 valence electrons. The summed E-state index contributed by atoms with van der Waals surface area (Å²) in [5, 5.41) is 19.2. The van der Waals surface area contributed by atoms with Crippen molar-refractivity contribution in [2.75, 3.05) is 20.1 Å². The lowest BCUT2D eigenvalue weighted by molar-refractivity contribution is -0.141. The minimum Gasteiger partial charge on any atom is -0.508 e. The second-order valence-electron chi connectivity index (χ2n) is 11.2. The number of aryl methyl sites for hydroxylation is 2. The average Bonchev–Trinajstić information content (AvgIpc) is 3.79. The lowest BCUT2D eigenvalue weighted by Crippen LogP contribution is -2.56. The van der Waals surface area contributed by atoms with E-state index in [1.54, 1.807) is 38.2 Å². The van der Waals surface area contributed by atoms with E-state index in [9.17, 15) is 23.9 Å². The van der Waals surface area contributed by atoms with Crippen LogP contribution >= 0.6 is 0 Å². The predicted octanol–water partition coefficient (Wildman–Crippen LogP) is 2.69. The van der Waals surface area contributed by atoms with Gasteiger partial charge in [0.05, 0.1) is 6.04 Å². The van der Waals surface area contributed by atoms with Gasteiger partial charge in [0, 0.05) is 26.2 Å². The van der Waals surface area contributed by atoms with Crippen molar-refractivity contribution in [1.29, 1.82) is 0 Å². The minimum absolute atomic E-state index is 0.0979. The van der Waals surface area contributed by atoms with Crippen LogP contribution in [0.15, 0.2) is 42.5 Å². The summed E-state index contributed by atoms with van der Waals surface area (Å²) < 4.78 is 19.5. The van der Waals surface area contributed by atoms with E-state index in [4.69, 9.17) is 4.74 Å². The van der Waals surface area contributed by atoms with Gasteiger partial charge in [-0.1, -0.05) is 18.2 Å². The Labute approximate surface area is 240 Å². The third-order valence-corrected chi connectivity index (χ3v) is 7.86. The number of hydrogen-bond donors (Lipinski definition) is 4. The Morgan fingerprint density at radius 3 is 2.49 bits per heavy atom. The number of phenols is 1. The number of nitrogens with one attached hydrogen (secondary N) is 3. The molecule has 2 aliphatic rings. The van der Waals surface area contributed by atoms with Gasteiger partial charge in [-0.25, -0.2) is 4.39 Å². The number of aromatic hydroxyl groups is 1. The Morgan fingerprint density at radius 1 is 1.05 bits per heavy atom. The molecule has 1 aliphatic carbocycles. The van der Waals surface area contributed by atoms with E-state index in [1.807, 2.05) is 13.0 Å². The molecule has 1 unspecified atom stereocenters. The normalized spacial score (nSPS) is 25.3. The van der Waals surface area contributed by atoms with Crippen molar-refractivity contribution in [3.05, 3.63) is 59.4 Å². The van der Waals surface area contributed by atoms with Crippen LogP contribution in [0.1, 0.15) is 50.7 Å². The molecule has 4 rings (SSSR count). The Kier molecular flexibility index (Phi) is 10.2. The van der Waals surface area contributed by atoms with Gasteiger partial charge in [0.2, 0.25) is 17.7 Å². The van der Waals surface area contributed by atoms with Crippen LogP contribution in [0, 0.1) is 11.7 Å². The SMILES string of the molecule is C[C@@H]1CN[C@@H](C2CC2)C(=O)N(C)[C@H](C)C(=O)NC(CCc2ccc(F)cc2)C(=O)NCCCc2ccc(O)cc2O1. The third kappa shape index (κ3) is 8.42. The van der Waals surface area contributed by atoms with Gasteiger partial charge < -0.3 is 30.7 Å². The highest BCUT2D eigenvalue weighted by Gasteiger charge is 2.39. The van der Waals surface area contributed by atoms with Crippen molar-refractivity contribution >= 4 is 17.7 Å². The Hall–Kier alpha value is -3.66. The highest BCUT2D eigenvalue weighted by molar-refractivity contribution is 5.93. The van der Waals surface area contributed by atoms with E-state index in [2.05, 4.69) is 16.0 Å². The molecule has 1 heterocycles. The number of carbonyl (C=O) groups is 3. The zero-order valence-electron chi connectivity index (χ0n) is 24.0. The number of hydrogen-bond acceptors (Lipinski definition) is 6. The standard InChI is InChI=1S/C31H41FN4O5/c1-19-18-34-28(23-9-10-23)31(40)36(3)20(2)29(38)35-26(15-8-21-6-12-24(32)13-7-21)30(39)33-16-4-5-22-11-14-25(37)17-27(22)41-19/h6-7,11-14,17,19-20,23,26,28,34,37H,4-5,8-10,15-16,18H2,1-3H3,(H,33,39)(H,35,38)/t19-,20-,26?,28+/m1/s1. The summed E-state index contributed by atoms with van der Waals surface area (Å²) in [5.41, 5.74) is 1.75. The van der Waals surface area contributed by atoms with Gasteiger partial charge in [-0.15, -0.1) is 0 Å². The highest BCUT2D eigenvalue weighted by atomic mass is 19.1. The van der Waals surface area contributed by atoms with Crippen molar-refractivity contribution in [3.8, 4) is 11.5 Å². The van der Waals surface area contributed by atoms with Crippen molar-refractivity contribution < 1.29 is 28.6 Å². The van der Waals surface area contributed by atoms with Crippen LogP contribution in [0.25, 0.3) is 0 Å². The zero-order chi connectivity index (χ0) is 29.5. The van der Waals surface area contributed by atoms with Crippen molar-refractivity contribution in [1.82, 2.24) is 20.9 Å². The molecule has 4 N–H and O–H groups in total. The van der Waals surface area contributed by atoms with Gasteiger partial charge in [-0.2, -0.15) is 0 Å². The number of benzene rings is 2. The first-order chi connectivity index (χ1) is 19.6. The molecule has 41 heavy (non-hydrogen) atoms. The lowest BCUT2D eigenvalue weighted by atomic mass is 10.0. The number of phenolic OH excluding ortho intramolecular Hbond substituents is 1. The van der Waals surface area contributed by atoms with Crippen LogP contribution in [-0.2, 0) is 27.2 Å². The number of likely N-dealkylation sites (N-methyl/N-ethyl adjacent to an activating group) is 1. The number of ether oxygens (including phenoxy) is 1. The minimum atomic E-state index is -0.830. The van der Waals surface area contributed by atoms with E-state index in [0.717, 1.165) is 24.0 Å². The fourth-order valence-electron chi connectivity index (χ4n) is 5.02. The lowest BCUT2D eigenvalue weighted by Gasteiger charge is -2.31. The van der Waals surface area contributed by atoms with Gasteiger partial charge in [-0.05, 0) is 87.6 Å². The molecule has 9 nitrogen and oxygen atoms in total. The van der Waals surface area contributed by atoms with Crippen LogP contribution in [0.5, 0.6) is 11.5 Å². The number of carbonyl (C=O) groups excluding carboxylic acids is 3. The fraction of sp³-hybridized carbons (Fsp3) is 0.516. The van der Waals surface area contributed by atoms with E-state index < -0.39 is 24.0 Å². The quantitative estimate of drug-likeness (QED) is 0.450. The van der Waals surface area contributed by atoms with Crippen LogP contribution in [-0.4, -0.2) is 72.1 Å². The summed E-state index contributed by atoms with van der Waals surface area (Å²) in [7, 11) is 1.61. The first-order valence-electron chi connectivity index (χ1n) is 14.4. The topological polar surface area (TPSA) is 120 Å². The zero-order valence-corrected chi connectivity index (χ0v) is 24.0. The van der Waals surface area contributed by atoms with Crippen LogP contribution in [0.2, 0.25) is 0 Å². The maximum atomic E-state index is 13.5. The summed E-state index contributed by atoms with van der Waals surface area (Å²) >= 11 is 0. The van der Waals surface area contributed by atoms with Crippen molar-refractivity contribution in [3.63, 3.8) is 0 Å². The number of halogens is 1. The molecular formula is C31H41FN4O5. The second kappa shape index (κ2) is 13.8. The Morgan fingerprint density at radius 2 is 1.78 bits per heavy atom. The molecule has 2 aromatic carbocycles. The van der Waals surface area contributed by atoms with Gasteiger partial charge >= 0.3 is 0 Å². The highest BCUT2D eigenvalue weighted by Crippen LogP contribution is 2.34. The molecule has 3 amide bonds. The van der Waals surface area contributed by atoms with Crippen LogP contribution < -0.4 is 20.7 Å². The van der Waals surface area contributed by atoms with Gasteiger partial charge in [-0.3, -0.25) is 14.4 Å². The molecule has 0 spiro atoms. The molecule has 1 fully saturated rings. The third-order valence-electron chi connectivity index (χ3n) is 7.86. The summed E-state index contributed by atoms with van der Waals surface area (Å²) in [4.78, 5) is 41.5. The average molecular weight is 569 g/mol. The van der Waals surface area contributed by atoms with E-state index >= 15 is 0 Å².